The highest BCUT2D eigenvalue weighted by atomic mass is 35.5. The molecule has 0 aromatic heterocycles. The number of rotatable bonds is 10. The molecule has 0 spiro atoms. The number of anilines is 1. The number of hydrogen-bond acceptors (Lipinski definition) is 5. The maximum atomic E-state index is 9.56. The van der Waals surface area contributed by atoms with E-state index in [0.717, 1.165) is 68.5 Å². The summed E-state index contributed by atoms with van der Waals surface area (Å²) >= 11 is 6.20. The van der Waals surface area contributed by atoms with Gasteiger partial charge in [0.15, 0.2) is 0 Å². The van der Waals surface area contributed by atoms with Crippen LogP contribution >= 0.6 is 11.6 Å². The summed E-state index contributed by atoms with van der Waals surface area (Å²) in [6, 6.07) is 14.8. The Morgan fingerprint density at radius 1 is 1.14 bits per heavy atom. The van der Waals surface area contributed by atoms with Crippen LogP contribution in [0, 0.1) is 6.92 Å². The molecule has 37 heavy (non-hydrogen) atoms. The summed E-state index contributed by atoms with van der Waals surface area (Å²) in [4.78, 5) is 5.07. The highest BCUT2D eigenvalue weighted by Crippen LogP contribution is 2.32. The Kier molecular flexibility index (Phi) is 9.51. The largest absolute Gasteiger partial charge is 0.509 e. The SMILES string of the molecule is C=C(O)/C=C\C(=C/C)C(NCCCN1CCN(C2=CCNc3cc(Cl)ccc32)CC1)c1ccc(C)cc1. The molecule has 1 fully saturated rings. The number of aliphatic hydroxyl groups is 1. The number of fused-ring (bicyclic) bond motifs is 1. The smallest absolute Gasteiger partial charge is 0.108 e. The van der Waals surface area contributed by atoms with E-state index >= 15 is 0 Å². The van der Waals surface area contributed by atoms with Gasteiger partial charge in [0.1, 0.15) is 5.76 Å². The number of piperazine rings is 1. The van der Waals surface area contributed by atoms with Gasteiger partial charge >= 0.3 is 0 Å². The molecule has 1 atom stereocenters. The molecule has 2 aliphatic heterocycles. The van der Waals surface area contributed by atoms with E-state index in [1.54, 1.807) is 6.08 Å². The third kappa shape index (κ3) is 7.29. The highest BCUT2D eigenvalue weighted by molar-refractivity contribution is 6.31. The van der Waals surface area contributed by atoms with Crippen molar-refractivity contribution in [3.8, 4) is 0 Å². The first kappa shape index (κ1) is 27.1. The molecule has 2 aromatic carbocycles. The van der Waals surface area contributed by atoms with Crippen LogP contribution in [0.2, 0.25) is 5.02 Å². The Morgan fingerprint density at radius 3 is 2.59 bits per heavy atom. The Hall–Kier alpha value is -2.99. The lowest BCUT2D eigenvalue weighted by Crippen LogP contribution is -2.46. The predicted octanol–water partition coefficient (Wildman–Crippen LogP) is 6.33. The number of aliphatic hydroxyl groups excluding tert-OH is 1. The fourth-order valence-electron chi connectivity index (χ4n) is 5.05. The molecule has 0 amide bonds. The minimum absolute atomic E-state index is 0.0636. The van der Waals surface area contributed by atoms with Crippen LogP contribution in [-0.4, -0.2) is 60.7 Å². The first-order chi connectivity index (χ1) is 17.9. The first-order valence-corrected chi connectivity index (χ1v) is 13.6. The number of nitrogens with one attached hydrogen (secondary N) is 2. The molecule has 196 valence electrons. The normalized spacial score (nSPS) is 17.3. The molecule has 6 heteroatoms. The standard InChI is InChI=1S/C31H39ClN4O/c1-4-25(11-8-24(3)37)31(26-9-6-23(2)7-10-26)34-15-5-17-35-18-20-36(21-19-35)30-14-16-33-29-22-27(32)12-13-28(29)30/h4,6-14,22,31,33-34,37H,3,5,15-21H2,1-2H3/b11-8-,25-4+. The Morgan fingerprint density at radius 2 is 1.89 bits per heavy atom. The molecule has 0 radical (unpaired) electrons. The van der Waals surface area contributed by atoms with Crippen molar-refractivity contribution in [2.45, 2.75) is 26.3 Å². The molecular formula is C31H39ClN4O. The number of aryl methyl sites for hydroxylation is 1. The summed E-state index contributed by atoms with van der Waals surface area (Å²) < 4.78 is 0. The zero-order valence-corrected chi connectivity index (χ0v) is 22.8. The van der Waals surface area contributed by atoms with Gasteiger partial charge in [-0.25, -0.2) is 0 Å². The van der Waals surface area contributed by atoms with Gasteiger partial charge in [-0.05, 0) is 74.8 Å². The van der Waals surface area contributed by atoms with E-state index in [0.29, 0.717) is 0 Å². The molecule has 5 nitrogen and oxygen atoms in total. The summed E-state index contributed by atoms with van der Waals surface area (Å²) in [5.41, 5.74) is 7.27. The lowest BCUT2D eigenvalue weighted by Gasteiger charge is -2.39. The van der Waals surface area contributed by atoms with E-state index in [1.165, 1.54) is 22.4 Å². The van der Waals surface area contributed by atoms with Gasteiger partial charge in [0.2, 0.25) is 0 Å². The zero-order valence-electron chi connectivity index (χ0n) is 22.0. The maximum Gasteiger partial charge on any atom is 0.108 e. The Bertz CT molecular complexity index is 1160. The minimum atomic E-state index is 0.0636. The van der Waals surface area contributed by atoms with Crippen LogP contribution in [0.4, 0.5) is 5.69 Å². The quantitative estimate of drug-likeness (QED) is 0.195. The van der Waals surface area contributed by atoms with Crippen LogP contribution in [-0.2, 0) is 0 Å². The van der Waals surface area contributed by atoms with E-state index in [4.69, 9.17) is 11.6 Å². The summed E-state index contributed by atoms with van der Waals surface area (Å²) in [6.07, 6.45) is 9.06. The van der Waals surface area contributed by atoms with Gasteiger partial charge in [-0.2, -0.15) is 0 Å². The van der Waals surface area contributed by atoms with Crippen molar-refractivity contribution in [1.29, 1.82) is 0 Å². The summed E-state index contributed by atoms with van der Waals surface area (Å²) in [6.45, 7) is 14.7. The first-order valence-electron chi connectivity index (χ1n) is 13.2. The third-order valence-corrected chi connectivity index (χ3v) is 7.34. The third-order valence-electron chi connectivity index (χ3n) is 7.10. The molecule has 0 aliphatic carbocycles. The monoisotopic (exact) mass is 518 g/mol. The Labute approximate surface area is 226 Å². The van der Waals surface area contributed by atoms with E-state index in [9.17, 15) is 5.11 Å². The average Bonchev–Trinajstić information content (AvgIpc) is 2.90. The fourth-order valence-corrected chi connectivity index (χ4v) is 5.23. The second-order valence-corrected chi connectivity index (χ2v) is 10.2. The second kappa shape index (κ2) is 13.0. The van der Waals surface area contributed by atoms with Crippen molar-refractivity contribution in [3.63, 3.8) is 0 Å². The van der Waals surface area contributed by atoms with Crippen molar-refractivity contribution in [2.75, 3.05) is 51.1 Å². The van der Waals surface area contributed by atoms with E-state index in [1.807, 2.05) is 25.1 Å². The second-order valence-electron chi connectivity index (χ2n) is 9.75. The van der Waals surface area contributed by atoms with E-state index in [2.05, 4.69) is 76.4 Å². The topological polar surface area (TPSA) is 50.8 Å². The van der Waals surface area contributed by atoms with Crippen molar-refractivity contribution >= 4 is 23.0 Å². The summed E-state index contributed by atoms with van der Waals surface area (Å²) in [7, 11) is 0. The lowest BCUT2D eigenvalue weighted by atomic mass is 9.96. The molecule has 1 saturated heterocycles. The van der Waals surface area contributed by atoms with Gasteiger partial charge in [-0.3, -0.25) is 4.90 Å². The number of allylic oxidation sites excluding steroid dienone is 2. The number of halogens is 1. The lowest BCUT2D eigenvalue weighted by molar-refractivity contribution is 0.173. The van der Waals surface area contributed by atoms with Crippen LogP contribution < -0.4 is 10.6 Å². The van der Waals surface area contributed by atoms with Crippen LogP contribution in [0.3, 0.4) is 0 Å². The van der Waals surface area contributed by atoms with Gasteiger partial charge in [-0.1, -0.05) is 60.2 Å². The van der Waals surface area contributed by atoms with Gasteiger partial charge in [0.05, 0.1) is 6.04 Å². The zero-order chi connectivity index (χ0) is 26.2. The van der Waals surface area contributed by atoms with Crippen molar-refractivity contribution in [1.82, 2.24) is 15.1 Å². The van der Waals surface area contributed by atoms with Gasteiger partial charge in [0, 0.05) is 54.7 Å². The van der Waals surface area contributed by atoms with Crippen molar-refractivity contribution in [3.05, 3.63) is 106 Å². The summed E-state index contributed by atoms with van der Waals surface area (Å²) in [5, 5.41) is 17.5. The molecule has 2 aromatic rings. The highest BCUT2D eigenvalue weighted by Gasteiger charge is 2.23. The molecule has 2 aliphatic rings. The Balaban J connectivity index is 1.29. The van der Waals surface area contributed by atoms with Crippen LogP contribution in [0.1, 0.15) is 36.1 Å². The van der Waals surface area contributed by atoms with Crippen molar-refractivity contribution < 1.29 is 5.11 Å². The van der Waals surface area contributed by atoms with Crippen LogP contribution in [0.5, 0.6) is 0 Å². The van der Waals surface area contributed by atoms with Gasteiger partial charge in [0.25, 0.3) is 0 Å². The number of nitrogens with zero attached hydrogens (tertiary/aromatic N) is 2. The molecule has 3 N–H and O–H groups in total. The van der Waals surface area contributed by atoms with Gasteiger partial charge in [-0.15, -0.1) is 0 Å². The van der Waals surface area contributed by atoms with Crippen molar-refractivity contribution in [2.24, 2.45) is 0 Å². The number of benzene rings is 2. The minimum Gasteiger partial charge on any atom is -0.509 e. The molecule has 0 bridgehead atoms. The molecule has 4 rings (SSSR count). The maximum absolute atomic E-state index is 9.56. The predicted molar refractivity (Wildman–Crippen MR) is 157 cm³/mol. The molecule has 2 heterocycles. The van der Waals surface area contributed by atoms with Gasteiger partial charge < -0.3 is 20.6 Å². The average molecular weight is 519 g/mol. The van der Waals surface area contributed by atoms with E-state index < -0.39 is 0 Å². The van der Waals surface area contributed by atoms with Crippen LogP contribution in [0.25, 0.3) is 5.70 Å². The van der Waals surface area contributed by atoms with E-state index in [-0.39, 0.29) is 11.8 Å². The van der Waals surface area contributed by atoms with Crippen LogP contribution in [0.15, 0.2) is 84.7 Å². The summed E-state index contributed by atoms with van der Waals surface area (Å²) in [5.74, 6) is 0.0636. The molecular weight excluding hydrogens is 480 g/mol. The molecule has 0 saturated carbocycles. The molecule has 1 unspecified atom stereocenters. The number of hydrogen-bond donors (Lipinski definition) is 3. The fraction of sp³-hybridized carbons (Fsp3) is 0.355.